The minimum atomic E-state index is 0.652. The number of nitrogens with zero attached hydrogens (tertiary/aromatic N) is 1. The van der Waals surface area contributed by atoms with Crippen LogP contribution in [-0.2, 0) is 0 Å². The first-order valence-electron chi connectivity index (χ1n) is 4.97. The summed E-state index contributed by atoms with van der Waals surface area (Å²) in [5.41, 5.74) is 0. The van der Waals surface area contributed by atoms with Crippen molar-refractivity contribution in [1.29, 1.82) is 0 Å². The van der Waals surface area contributed by atoms with E-state index in [1.165, 1.54) is 0 Å². The monoisotopic (exact) mass is 194 g/mol. The van der Waals surface area contributed by atoms with E-state index < -0.39 is 0 Å². The highest BCUT2D eigenvalue weighted by Gasteiger charge is 1.97. The van der Waals surface area contributed by atoms with E-state index in [0.717, 1.165) is 18.8 Å². The maximum atomic E-state index is 5.03. The van der Waals surface area contributed by atoms with Crippen molar-refractivity contribution in [3.63, 3.8) is 0 Å². The van der Waals surface area contributed by atoms with E-state index in [1.807, 2.05) is 18.2 Å². The van der Waals surface area contributed by atoms with Gasteiger partial charge in [0.2, 0.25) is 5.88 Å². The van der Waals surface area contributed by atoms with Crippen LogP contribution in [0.15, 0.2) is 18.2 Å². The Labute approximate surface area is 85.5 Å². The molecule has 1 aromatic heterocycles. The van der Waals surface area contributed by atoms with Gasteiger partial charge in [-0.3, -0.25) is 0 Å². The quantitative estimate of drug-likeness (QED) is 0.782. The molecule has 0 aliphatic rings. The second kappa shape index (κ2) is 5.47. The van der Waals surface area contributed by atoms with Crippen molar-refractivity contribution in [1.82, 2.24) is 4.98 Å². The molecule has 1 rings (SSSR count). The normalized spacial score (nSPS) is 10.3. The van der Waals surface area contributed by atoms with Crippen molar-refractivity contribution in [2.75, 3.05) is 19.0 Å². The highest BCUT2D eigenvalue weighted by molar-refractivity contribution is 5.36. The zero-order chi connectivity index (χ0) is 10.4. The third-order valence-electron chi connectivity index (χ3n) is 1.96. The van der Waals surface area contributed by atoms with Gasteiger partial charge in [0.25, 0.3) is 0 Å². The Balaban J connectivity index is 2.42. The molecule has 1 N–H and O–H groups in total. The van der Waals surface area contributed by atoms with Crippen LogP contribution in [0.25, 0.3) is 0 Å². The van der Waals surface area contributed by atoms with Gasteiger partial charge in [0.1, 0.15) is 5.82 Å². The Morgan fingerprint density at radius 2 is 2.21 bits per heavy atom. The lowest BCUT2D eigenvalue weighted by molar-refractivity contribution is 0.398. The molecule has 0 aliphatic carbocycles. The molecule has 78 valence electrons. The van der Waals surface area contributed by atoms with Crippen LogP contribution >= 0.6 is 0 Å². The number of anilines is 1. The van der Waals surface area contributed by atoms with Gasteiger partial charge in [0.15, 0.2) is 0 Å². The van der Waals surface area contributed by atoms with Gasteiger partial charge in [-0.1, -0.05) is 19.9 Å². The molecule has 0 unspecified atom stereocenters. The minimum Gasteiger partial charge on any atom is -0.481 e. The highest BCUT2D eigenvalue weighted by Crippen LogP contribution is 2.10. The maximum absolute atomic E-state index is 5.03. The summed E-state index contributed by atoms with van der Waals surface area (Å²) >= 11 is 0. The molecule has 0 spiro atoms. The number of hydrogen-bond acceptors (Lipinski definition) is 3. The van der Waals surface area contributed by atoms with Crippen LogP contribution < -0.4 is 10.1 Å². The van der Waals surface area contributed by atoms with Gasteiger partial charge in [0.05, 0.1) is 7.11 Å². The van der Waals surface area contributed by atoms with Crippen molar-refractivity contribution in [3.05, 3.63) is 18.2 Å². The lowest BCUT2D eigenvalue weighted by atomic mass is 10.1. The highest BCUT2D eigenvalue weighted by atomic mass is 16.5. The molecule has 1 aromatic rings. The molecule has 0 saturated carbocycles. The van der Waals surface area contributed by atoms with E-state index in [9.17, 15) is 0 Å². The van der Waals surface area contributed by atoms with Gasteiger partial charge in [0, 0.05) is 12.6 Å². The topological polar surface area (TPSA) is 34.1 Å². The summed E-state index contributed by atoms with van der Waals surface area (Å²) in [5.74, 6) is 2.25. The number of pyridine rings is 1. The van der Waals surface area contributed by atoms with Gasteiger partial charge < -0.3 is 10.1 Å². The summed E-state index contributed by atoms with van der Waals surface area (Å²) in [6.45, 7) is 5.37. The SMILES string of the molecule is COc1cccc(NCCC(C)C)n1. The average molecular weight is 194 g/mol. The van der Waals surface area contributed by atoms with Gasteiger partial charge in [-0.05, 0) is 18.4 Å². The standard InChI is InChI=1S/C11H18N2O/c1-9(2)7-8-12-10-5-4-6-11(13-10)14-3/h4-6,9H,7-8H2,1-3H3,(H,12,13). The number of rotatable bonds is 5. The lowest BCUT2D eigenvalue weighted by Gasteiger charge is -2.08. The first kappa shape index (κ1) is 10.8. The lowest BCUT2D eigenvalue weighted by Crippen LogP contribution is -2.06. The molecule has 0 fully saturated rings. The van der Waals surface area contributed by atoms with Crippen LogP contribution in [0.4, 0.5) is 5.82 Å². The Hall–Kier alpha value is -1.25. The summed E-state index contributed by atoms with van der Waals surface area (Å²) in [5, 5.41) is 3.26. The Morgan fingerprint density at radius 1 is 1.43 bits per heavy atom. The van der Waals surface area contributed by atoms with Crippen molar-refractivity contribution >= 4 is 5.82 Å². The van der Waals surface area contributed by atoms with Crippen LogP contribution in [0.2, 0.25) is 0 Å². The minimum absolute atomic E-state index is 0.652. The van der Waals surface area contributed by atoms with E-state index in [1.54, 1.807) is 7.11 Å². The molecule has 0 atom stereocenters. The van der Waals surface area contributed by atoms with Gasteiger partial charge >= 0.3 is 0 Å². The fourth-order valence-electron chi connectivity index (χ4n) is 1.12. The number of aromatic nitrogens is 1. The van der Waals surface area contributed by atoms with Crippen LogP contribution in [-0.4, -0.2) is 18.6 Å². The third-order valence-corrected chi connectivity index (χ3v) is 1.96. The second-order valence-corrected chi connectivity index (χ2v) is 3.67. The van der Waals surface area contributed by atoms with Gasteiger partial charge in [-0.2, -0.15) is 4.98 Å². The number of ether oxygens (including phenoxy) is 1. The van der Waals surface area contributed by atoms with Crippen LogP contribution in [0, 0.1) is 5.92 Å². The summed E-state index contributed by atoms with van der Waals surface area (Å²) in [4.78, 5) is 4.25. The fourth-order valence-corrected chi connectivity index (χ4v) is 1.12. The Morgan fingerprint density at radius 3 is 2.86 bits per heavy atom. The Kier molecular flexibility index (Phi) is 4.23. The molecule has 0 aromatic carbocycles. The number of hydrogen-bond donors (Lipinski definition) is 1. The molecule has 0 aliphatic heterocycles. The fraction of sp³-hybridized carbons (Fsp3) is 0.545. The molecule has 0 bridgehead atoms. The summed E-state index contributed by atoms with van der Waals surface area (Å²) in [7, 11) is 1.63. The second-order valence-electron chi connectivity index (χ2n) is 3.67. The average Bonchev–Trinajstić information content (AvgIpc) is 2.18. The largest absolute Gasteiger partial charge is 0.481 e. The third kappa shape index (κ3) is 3.64. The zero-order valence-electron chi connectivity index (χ0n) is 9.08. The van der Waals surface area contributed by atoms with Crippen LogP contribution in [0.5, 0.6) is 5.88 Å². The molecule has 1 heterocycles. The molecule has 3 nitrogen and oxygen atoms in total. The van der Waals surface area contributed by atoms with Crippen LogP contribution in [0.1, 0.15) is 20.3 Å². The van der Waals surface area contributed by atoms with E-state index in [4.69, 9.17) is 4.74 Å². The molecular formula is C11H18N2O. The van der Waals surface area contributed by atoms with Crippen molar-refractivity contribution in [2.45, 2.75) is 20.3 Å². The zero-order valence-corrected chi connectivity index (χ0v) is 9.08. The summed E-state index contributed by atoms with van der Waals surface area (Å²) < 4.78 is 5.03. The molecule has 0 saturated heterocycles. The summed E-state index contributed by atoms with van der Waals surface area (Å²) in [6, 6.07) is 5.72. The molecule has 0 radical (unpaired) electrons. The number of nitrogens with one attached hydrogen (secondary N) is 1. The van der Waals surface area contributed by atoms with Gasteiger partial charge in [-0.25, -0.2) is 0 Å². The first-order chi connectivity index (χ1) is 6.72. The van der Waals surface area contributed by atoms with E-state index >= 15 is 0 Å². The van der Waals surface area contributed by atoms with E-state index in [-0.39, 0.29) is 0 Å². The van der Waals surface area contributed by atoms with Crippen LogP contribution in [0.3, 0.4) is 0 Å². The van der Waals surface area contributed by atoms with Crippen molar-refractivity contribution in [2.24, 2.45) is 5.92 Å². The smallest absolute Gasteiger partial charge is 0.214 e. The maximum Gasteiger partial charge on any atom is 0.214 e. The number of methoxy groups -OCH3 is 1. The predicted octanol–water partition coefficient (Wildman–Crippen LogP) is 2.55. The molecular weight excluding hydrogens is 176 g/mol. The van der Waals surface area contributed by atoms with Gasteiger partial charge in [-0.15, -0.1) is 0 Å². The Bertz CT molecular complexity index is 274. The molecule has 0 amide bonds. The molecule has 3 heteroatoms. The van der Waals surface area contributed by atoms with Crippen molar-refractivity contribution in [3.8, 4) is 5.88 Å². The molecule has 14 heavy (non-hydrogen) atoms. The van der Waals surface area contributed by atoms with E-state index in [2.05, 4.69) is 24.1 Å². The first-order valence-corrected chi connectivity index (χ1v) is 4.97. The van der Waals surface area contributed by atoms with Crippen molar-refractivity contribution < 1.29 is 4.74 Å². The van der Waals surface area contributed by atoms with E-state index in [0.29, 0.717) is 11.8 Å². The summed E-state index contributed by atoms with van der Waals surface area (Å²) in [6.07, 6.45) is 1.15. The predicted molar refractivity (Wildman–Crippen MR) is 58.7 cm³/mol.